The number of carbonyl (C=O) groups excluding carboxylic acids is 1. The molecule has 0 saturated carbocycles. The van der Waals surface area contributed by atoms with Crippen molar-refractivity contribution < 1.29 is 4.79 Å². The van der Waals surface area contributed by atoms with Crippen LogP contribution in [0.3, 0.4) is 0 Å². The van der Waals surface area contributed by atoms with Gasteiger partial charge in [-0.25, -0.2) is 4.98 Å². The summed E-state index contributed by atoms with van der Waals surface area (Å²) in [6, 6.07) is 14.2. The van der Waals surface area contributed by atoms with Crippen molar-refractivity contribution in [1.82, 2.24) is 9.88 Å². The topological polar surface area (TPSA) is 45.2 Å². The summed E-state index contributed by atoms with van der Waals surface area (Å²) in [4.78, 5) is 20.2. The van der Waals surface area contributed by atoms with E-state index in [1.54, 1.807) is 11.3 Å². The first-order valence-electron chi connectivity index (χ1n) is 9.11. The zero-order chi connectivity index (χ0) is 17.9. The van der Waals surface area contributed by atoms with E-state index >= 15 is 0 Å². The Morgan fingerprint density at radius 3 is 2.96 bits per heavy atom. The Balaban J connectivity index is 1.50. The highest BCUT2D eigenvalue weighted by atomic mass is 32.1. The Morgan fingerprint density at radius 1 is 1.27 bits per heavy atom. The van der Waals surface area contributed by atoms with E-state index in [0.29, 0.717) is 0 Å². The number of piperidine rings is 1. The van der Waals surface area contributed by atoms with Crippen LogP contribution in [-0.2, 0) is 6.54 Å². The number of rotatable bonds is 5. The summed E-state index contributed by atoms with van der Waals surface area (Å²) in [5.41, 5.74) is 1.94. The number of hydrogen-bond acceptors (Lipinski definition) is 5. The number of Topliss-reactive ketones (excluding diaryl/α,β-unsaturated/α-hetero) is 1. The molecule has 1 fully saturated rings. The first-order valence-corrected chi connectivity index (χ1v) is 9.99. The molecular weight excluding hydrogens is 342 g/mol. The number of aromatic nitrogens is 1. The number of ketones is 1. The maximum Gasteiger partial charge on any atom is 0.182 e. The van der Waals surface area contributed by atoms with Crippen molar-refractivity contribution in [2.45, 2.75) is 19.4 Å². The predicted octanol–water partition coefficient (Wildman–Crippen LogP) is 4.43. The molecule has 1 atom stereocenters. The first-order chi connectivity index (χ1) is 12.7. The van der Waals surface area contributed by atoms with Crippen LogP contribution in [0.1, 0.15) is 28.9 Å². The fraction of sp³-hybridized carbons (Fsp3) is 0.333. The Bertz CT molecular complexity index is 915. The second-order valence-corrected chi connectivity index (χ2v) is 7.72. The Hall–Kier alpha value is -2.24. The van der Waals surface area contributed by atoms with Crippen LogP contribution in [0, 0.1) is 5.92 Å². The lowest BCUT2D eigenvalue weighted by atomic mass is 9.88. The molecule has 26 heavy (non-hydrogen) atoms. The van der Waals surface area contributed by atoms with Gasteiger partial charge in [0.15, 0.2) is 10.9 Å². The molecule has 1 aromatic heterocycles. The molecule has 1 aliphatic rings. The van der Waals surface area contributed by atoms with Gasteiger partial charge in [-0.2, -0.15) is 0 Å². The van der Waals surface area contributed by atoms with E-state index in [9.17, 15) is 4.79 Å². The highest BCUT2D eigenvalue weighted by molar-refractivity contribution is 7.13. The summed E-state index contributed by atoms with van der Waals surface area (Å²) in [6.07, 6.45) is 2.03. The summed E-state index contributed by atoms with van der Waals surface area (Å²) in [5, 5.41) is 8.33. The quantitative estimate of drug-likeness (QED) is 0.679. The van der Waals surface area contributed by atoms with E-state index in [4.69, 9.17) is 0 Å². The number of nitrogens with one attached hydrogen (secondary N) is 1. The number of hydrogen-bond donors (Lipinski definition) is 1. The van der Waals surface area contributed by atoms with E-state index in [1.807, 2.05) is 31.3 Å². The largest absolute Gasteiger partial charge is 0.365 e. The van der Waals surface area contributed by atoms with Gasteiger partial charge in [0.1, 0.15) is 0 Å². The van der Waals surface area contributed by atoms with Crippen LogP contribution in [0.2, 0.25) is 0 Å². The van der Waals surface area contributed by atoms with E-state index < -0.39 is 0 Å². The predicted molar refractivity (Wildman–Crippen MR) is 108 cm³/mol. The molecule has 134 valence electrons. The van der Waals surface area contributed by atoms with Gasteiger partial charge in [0.25, 0.3) is 0 Å². The number of benzene rings is 2. The average molecular weight is 366 g/mol. The van der Waals surface area contributed by atoms with Crippen LogP contribution < -0.4 is 5.32 Å². The maximum atomic E-state index is 13.2. The van der Waals surface area contributed by atoms with Crippen molar-refractivity contribution in [3.8, 4) is 0 Å². The van der Waals surface area contributed by atoms with Crippen molar-refractivity contribution in [2.75, 3.05) is 25.5 Å². The molecule has 2 heterocycles. The molecule has 0 aliphatic carbocycles. The van der Waals surface area contributed by atoms with Crippen molar-refractivity contribution >= 4 is 33.0 Å². The molecule has 0 spiro atoms. The van der Waals surface area contributed by atoms with E-state index in [-0.39, 0.29) is 11.7 Å². The number of anilines is 1. The summed E-state index contributed by atoms with van der Waals surface area (Å²) in [6.45, 7) is 2.66. The Labute approximate surface area is 157 Å². The lowest BCUT2D eigenvalue weighted by molar-refractivity contribution is 0.0812. The van der Waals surface area contributed by atoms with Gasteiger partial charge in [-0.05, 0) is 30.2 Å². The van der Waals surface area contributed by atoms with Gasteiger partial charge >= 0.3 is 0 Å². The molecule has 4 rings (SSSR count). The minimum absolute atomic E-state index is 0.0666. The molecule has 4 nitrogen and oxygen atoms in total. The average Bonchev–Trinajstić information content (AvgIpc) is 3.15. The molecule has 1 N–H and O–H groups in total. The van der Waals surface area contributed by atoms with Gasteiger partial charge < -0.3 is 5.32 Å². The molecule has 0 unspecified atom stereocenters. The minimum atomic E-state index is 0.0666. The number of nitrogens with zero attached hydrogens (tertiary/aromatic N) is 2. The lowest BCUT2D eigenvalue weighted by Crippen LogP contribution is -2.38. The number of fused-ring (bicyclic) bond motifs is 1. The number of thiazole rings is 1. The third-order valence-corrected chi connectivity index (χ3v) is 5.99. The monoisotopic (exact) mass is 365 g/mol. The van der Waals surface area contributed by atoms with E-state index in [1.165, 1.54) is 0 Å². The standard InChI is InChI=1S/C21H23N3OS/c1-22-21-23-17(14-26-21)13-24-11-5-8-16(12-24)20(25)19-10-4-7-15-6-2-3-9-18(15)19/h2-4,6-7,9-10,14,16H,5,8,11-13H2,1H3,(H,22,23)/t16-/m0/s1. The van der Waals surface area contributed by atoms with Crippen LogP contribution in [0.4, 0.5) is 5.13 Å². The molecule has 5 heteroatoms. The molecule has 1 saturated heterocycles. The minimum Gasteiger partial charge on any atom is -0.365 e. The zero-order valence-electron chi connectivity index (χ0n) is 14.9. The van der Waals surface area contributed by atoms with Gasteiger partial charge in [0, 0.05) is 37.0 Å². The molecular formula is C21H23N3OS. The summed E-state index contributed by atoms with van der Waals surface area (Å²) in [5.74, 6) is 0.345. The number of likely N-dealkylation sites (tertiary alicyclic amines) is 1. The molecule has 2 aromatic carbocycles. The van der Waals surface area contributed by atoms with Crippen molar-refractivity contribution in [2.24, 2.45) is 5.92 Å². The van der Waals surface area contributed by atoms with Gasteiger partial charge in [-0.1, -0.05) is 42.5 Å². The molecule has 3 aromatic rings. The summed E-state index contributed by atoms with van der Waals surface area (Å²) >= 11 is 1.63. The van der Waals surface area contributed by atoms with Crippen molar-refractivity contribution in [1.29, 1.82) is 0 Å². The lowest BCUT2D eigenvalue weighted by Gasteiger charge is -2.31. The van der Waals surface area contributed by atoms with Gasteiger partial charge in [-0.15, -0.1) is 11.3 Å². The third kappa shape index (κ3) is 3.50. The smallest absolute Gasteiger partial charge is 0.182 e. The van der Waals surface area contributed by atoms with Crippen LogP contribution in [0.15, 0.2) is 47.8 Å². The summed E-state index contributed by atoms with van der Waals surface area (Å²) < 4.78 is 0. The third-order valence-electron chi connectivity index (χ3n) is 5.08. The zero-order valence-corrected chi connectivity index (χ0v) is 15.8. The van der Waals surface area contributed by atoms with Crippen LogP contribution in [0.5, 0.6) is 0 Å². The van der Waals surface area contributed by atoms with Crippen molar-refractivity contribution in [3.63, 3.8) is 0 Å². The molecule has 0 bridgehead atoms. The molecule has 0 radical (unpaired) electrons. The Kier molecular flexibility index (Phi) is 5.00. The maximum absolute atomic E-state index is 13.2. The summed E-state index contributed by atoms with van der Waals surface area (Å²) in [7, 11) is 1.89. The second-order valence-electron chi connectivity index (χ2n) is 6.86. The van der Waals surface area contributed by atoms with Crippen LogP contribution >= 0.6 is 11.3 Å². The van der Waals surface area contributed by atoms with Crippen LogP contribution in [-0.4, -0.2) is 35.8 Å². The van der Waals surface area contributed by atoms with Crippen molar-refractivity contribution in [3.05, 3.63) is 59.1 Å². The van der Waals surface area contributed by atoms with Gasteiger partial charge in [0.05, 0.1) is 5.69 Å². The highest BCUT2D eigenvalue weighted by Crippen LogP contribution is 2.27. The van der Waals surface area contributed by atoms with Gasteiger partial charge in [-0.3, -0.25) is 9.69 Å². The number of carbonyl (C=O) groups is 1. The highest BCUT2D eigenvalue weighted by Gasteiger charge is 2.27. The molecule has 1 aliphatic heterocycles. The fourth-order valence-corrected chi connectivity index (χ4v) is 4.46. The van der Waals surface area contributed by atoms with Gasteiger partial charge in [0.2, 0.25) is 0 Å². The SMILES string of the molecule is CNc1nc(CN2CCC[C@H](C(=O)c3cccc4ccccc34)C2)cs1. The fourth-order valence-electron chi connectivity index (χ4n) is 3.80. The van der Waals surface area contributed by atoms with E-state index in [2.05, 4.69) is 38.8 Å². The Morgan fingerprint density at radius 2 is 2.12 bits per heavy atom. The van der Waals surface area contributed by atoms with E-state index in [0.717, 1.165) is 59.6 Å². The van der Waals surface area contributed by atoms with Crippen LogP contribution in [0.25, 0.3) is 10.8 Å². The first kappa shape index (κ1) is 17.2. The molecule has 0 amide bonds. The normalized spacial score (nSPS) is 18.1. The second kappa shape index (κ2) is 7.56.